The first kappa shape index (κ1) is 13.1. The van der Waals surface area contributed by atoms with Gasteiger partial charge in [0.1, 0.15) is 0 Å². The molecule has 5 nitrogen and oxygen atoms in total. The summed E-state index contributed by atoms with van der Waals surface area (Å²) < 4.78 is 0. The smallest absolute Gasteiger partial charge is 0.266 e. The lowest BCUT2D eigenvalue weighted by molar-refractivity contribution is -0.0145. The van der Waals surface area contributed by atoms with Gasteiger partial charge in [-0.1, -0.05) is 13.8 Å². The van der Waals surface area contributed by atoms with E-state index in [1.165, 1.54) is 6.07 Å². The second-order valence-corrected chi connectivity index (χ2v) is 6.08. The summed E-state index contributed by atoms with van der Waals surface area (Å²) in [6.45, 7) is 4.94. The average Bonchev–Trinajstić information content (AvgIpc) is 2.32. The summed E-state index contributed by atoms with van der Waals surface area (Å²) in [5, 5.41) is 19.6. The first-order valence-electron chi connectivity index (χ1n) is 6.40. The Balaban J connectivity index is 1.92. The molecule has 1 fully saturated rings. The average molecular weight is 251 g/mol. The van der Waals surface area contributed by atoms with E-state index in [-0.39, 0.29) is 5.56 Å². The normalized spacial score (nSPS) is 21.5. The number of anilines is 1. The third-order valence-electron chi connectivity index (χ3n) is 3.82. The van der Waals surface area contributed by atoms with Gasteiger partial charge in [0.2, 0.25) is 0 Å². The molecular formula is C13H21N3O2. The van der Waals surface area contributed by atoms with Gasteiger partial charge in [0.05, 0.1) is 17.5 Å². The van der Waals surface area contributed by atoms with Crippen LogP contribution in [0.5, 0.6) is 0 Å². The Morgan fingerprint density at radius 1 is 1.39 bits per heavy atom. The lowest BCUT2D eigenvalue weighted by Gasteiger charge is -2.40. The molecule has 18 heavy (non-hydrogen) atoms. The van der Waals surface area contributed by atoms with E-state index in [9.17, 15) is 9.90 Å². The minimum absolute atomic E-state index is 0.239. The zero-order chi connectivity index (χ0) is 13.2. The zero-order valence-corrected chi connectivity index (χ0v) is 11.0. The molecule has 0 spiro atoms. The van der Waals surface area contributed by atoms with Gasteiger partial charge in [0.15, 0.2) is 0 Å². The van der Waals surface area contributed by atoms with Crippen molar-refractivity contribution >= 4 is 5.69 Å². The number of aromatic amines is 1. The Bertz CT molecular complexity index is 457. The van der Waals surface area contributed by atoms with Gasteiger partial charge in [0, 0.05) is 12.6 Å². The molecule has 1 saturated carbocycles. The summed E-state index contributed by atoms with van der Waals surface area (Å²) in [7, 11) is 0. The van der Waals surface area contributed by atoms with E-state index in [1.54, 1.807) is 6.20 Å². The molecule has 0 atom stereocenters. The van der Waals surface area contributed by atoms with Crippen LogP contribution in [-0.4, -0.2) is 27.4 Å². The molecule has 3 N–H and O–H groups in total. The predicted molar refractivity (Wildman–Crippen MR) is 70.5 cm³/mol. The highest BCUT2D eigenvalue weighted by molar-refractivity contribution is 5.39. The van der Waals surface area contributed by atoms with Crippen LogP contribution in [0.3, 0.4) is 0 Å². The van der Waals surface area contributed by atoms with Crippen LogP contribution in [0.1, 0.15) is 39.5 Å². The third kappa shape index (κ3) is 3.32. The van der Waals surface area contributed by atoms with E-state index < -0.39 is 5.60 Å². The molecule has 5 heteroatoms. The van der Waals surface area contributed by atoms with E-state index >= 15 is 0 Å². The number of nitrogens with one attached hydrogen (secondary N) is 2. The van der Waals surface area contributed by atoms with E-state index in [1.807, 2.05) is 0 Å². The molecule has 0 aromatic carbocycles. The van der Waals surface area contributed by atoms with Gasteiger partial charge in [-0.3, -0.25) is 4.79 Å². The lowest BCUT2D eigenvalue weighted by Crippen LogP contribution is -2.42. The molecule has 1 heterocycles. The van der Waals surface area contributed by atoms with E-state index in [2.05, 4.69) is 29.4 Å². The van der Waals surface area contributed by atoms with Crippen molar-refractivity contribution in [3.63, 3.8) is 0 Å². The van der Waals surface area contributed by atoms with Crippen LogP contribution >= 0.6 is 0 Å². The second-order valence-electron chi connectivity index (χ2n) is 6.08. The van der Waals surface area contributed by atoms with Gasteiger partial charge in [-0.2, -0.15) is 5.10 Å². The highest BCUT2D eigenvalue weighted by Gasteiger charge is 2.36. The van der Waals surface area contributed by atoms with Crippen molar-refractivity contribution in [3.8, 4) is 0 Å². The van der Waals surface area contributed by atoms with Gasteiger partial charge in [-0.25, -0.2) is 5.10 Å². The minimum atomic E-state index is -0.669. The SMILES string of the molecule is CC1(C)CCC(O)(CNc2cn[nH]c(=O)c2)CC1. The summed E-state index contributed by atoms with van der Waals surface area (Å²) in [6.07, 6.45) is 5.20. The molecule has 0 bridgehead atoms. The fourth-order valence-corrected chi connectivity index (χ4v) is 2.31. The van der Waals surface area contributed by atoms with Crippen molar-refractivity contribution < 1.29 is 5.11 Å². The second kappa shape index (κ2) is 4.72. The van der Waals surface area contributed by atoms with Gasteiger partial charge >= 0.3 is 0 Å². The number of rotatable bonds is 3. The maximum absolute atomic E-state index is 11.1. The molecular weight excluding hydrogens is 230 g/mol. The van der Waals surface area contributed by atoms with Crippen LogP contribution in [0.4, 0.5) is 5.69 Å². The quantitative estimate of drug-likeness (QED) is 0.761. The molecule has 0 amide bonds. The summed E-state index contributed by atoms with van der Waals surface area (Å²) in [5.41, 5.74) is 0.0734. The monoisotopic (exact) mass is 251 g/mol. The largest absolute Gasteiger partial charge is 0.388 e. The van der Waals surface area contributed by atoms with Crippen LogP contribution in [0.15, 0.2) is 17.1 Å². The summed E-state index contributed by atoms with van der Waals surface area (Å²) in [5.74, 6) is 0. The number of hydrogen-bond acceptors (Lipinski definition) is 4. The fourth-order valence-electron chi connectivity index (χ4n) is 2.31. The number of aliphatic hydroxyl groups is 1. The van der Waals surface area contributed by atoms with Crippen LogP contribution in [0.25, 0.3) is 0 Å². The fraction of sp³-hybridized carbons (Fsp3) is 0.692. The van der Waals surface area contributed by atoms with Crippen molar-refractivity contribution in [1.82, 2.24) is 10.2 Å². The van der Waals surface area contributed by atoms with Crippen molar-refractivity contribution in [1.29, 1.82) is 0 Å². The zero-order valence-electron chi connectivity index (χ0n) is 11.0. The summed E-state index contributed by atoms with van der Waals surface area (Å²) >= 11 is 0. The Hall–Kier alpha value is -1.36. The van der Waals surface area contributed by atoms with Crippen molar-refractivity contribution in [2.24, 2.45) is 5.41 Å². The standard InChI is InChI=1S/C13H21N3O2/c1-12(2)3-5-13(18,6-4-12)9-14-10-7-11(17)16-15-8-10/h7-8,18H,3-6,9H2,1-2H3,(H2,14,16,17). The van der Waals surface area contributed by atoms with E-state index in [0.29, 0.717) is 17.6 Å². The molecule has 0 unspecified atom stereocenters. The molecule has 1 aliphatic rings. The van der Waals surface area contributed by atoms with E-state index in [4.69, 9.17) is 0 Å². The topological polar surface area (TPSA) is 78.0 Å². The Morgan fingerprint density at radius 2 is 2.06 bits per heavy atom. The van der Waals surface area contributed by atoms with Crippen molar-refractivity contribution in [2.45, 2.75) is 45.1 Å². The van der Waals surface area contributed by atoms with Gasteiger partial charge in [-0.15, -0.1) is 0 Å². The Labute approximate surface area is 107 Å². The molecule has 1 aromatic rings. The highest BCUT2D eigenvalue weighted by Crippen LogP contribution is 2.40. The Kier molecular flexibility index (Phi) is 3.43. The molecule has 0 aliphatic heterocycles. The van der Waals surface area contributed by atoms with Gasteiger partial charge < -0.3 is 10.4 Å². The highest BCUT2D eigenvalue weighted by atomic mass is 16.3. The summed E-state index contributed by atoms with van der Waals surface area (Å²) in [6, 6.07) is 1.45. The lowest BCUT2D eigenvalue weighted by atomic mass is 9.71. The van der Waals surface area contributed by atoms with Crippen LogP contribution in [-0.2, 0) is 0 Å². The predicted octanol–water partition coefficient (Wildman–Crippen LogP) is 1.51. The molecule has 0 saturated heterocycles. The third-order valence-corrected chi connectivity index (χ3v) is 3.82. The number of hydrogen-bond donors (Lipinski definition) is 3. The Morgan fingerprint density at radius 3 is 2.67 bits per heavy atom. The van der Waals surface area contributed by atoms with Crippen LogP contribution in [0, 0.1) is 5.41 Å². The van der Waals surface area contributed by atoms with Gasteiger partial charge in [0.25, 0.3) is 5.56 Å². The maximum atomic E-state index is 11.1. The number of nitrogens with zero attached hydrogens (tertiary/aromatic N) is 1. The van der Waals surface area contributed by atoms with E-state index in [0.717, 1.165) is 25.7 Å². The molecule has 0 radical (unpaired) electrons. The first-order valence-corrected chi connectivity index (χ1v) is 6.40. The number of H-pyrrole nitrogens is 1. The minimum Gasteiger partial charge on any atom is -0.388 e. The van der Waals surface area contributed by atoms with Crippen LogP contribution in [0.2, 0.25) is 0 Å². The molecule has 1 aromatic heterocycles. The molecule has 100 valence electrons. The summed E-state index contributed by atoms with van der Waals surface area (Å²) in [4.78, 5) is 11.1. The molecule has 1 aliphatic carbocycles. The van der Waals surface area contributed by atoms with Crippen LogP contribution < -0.4 is 10.9 Å². The van der Waals surface area contributed by atoms with Crippen molar-refractivity contribution in [3.05, 3.63) is 22.6 Å². The molecule has 2 rings (SSSR count). The van der Waals surface area contributed by atoms with Crippen molar-refractivity contribution in [2.75, 3.05) is 11.9 Å². The maximum Gasteiger partial charge on any atom is 0.266 e. The number of aromatic nitrogens is 2. The van der Waals surface area contributed by atoms with Gasteiger partial charge in [-0.05, 0) is 31.1 Å². The first-order chi connectivity index (χ1) is 8.39.